The molecule has 0 heterocycles. The lowest BCUT2D eigenvalue weighted by Crippen LogP contribution is -1.91. The standard InChI is InChI=1S/C18H12/c1-2-12-9-11(1)15-5-6-17-13-3-4-14(10-13)18(17)8-7-16(12)15/h1-8H,9-10H2/b6-5-,8-7-,15-5?,16-7?,17-6?,18-8?. The SMILES string of the molecule is C1=C2CC(=C1)C1=C2/C=C\C2=C(/C=C\1)C1=CC=C2C1. The van der Waals surface area contributed by atoms with E-state index in [0.717, 1.165) is 12.8 Å². The number of hydrogen-bond acceptors (Lipinski definition) is 0. The molecular formula is C18H12. The summed E-state index contributed by atoms with van der Waals surface area (Å²) in [6.07, 6.45) is 20.6. The fraction of sp³-hybridized carbons (Fsp3) is 0.111. The second kappa shape index (κ2) is 2.84. The van der Waals surface area contributed by atoms with Crippen molar-refractivity contribution in [3.63, 3.8) is 0 Å². The lowest BCUT2D eigenvalue weighted by molar-refractivity contribution is 1.28. The molecule has 5 aliphatic carbocycles. The van der Waals surface area contributed by atoms with Crippen LogP contribution in [0.2, 0.25) is 0 Å². The molecule has 0 N–H and O–H groups in total. The third-order valence-electron chi connectivity index (χ3n) is 4.53. The van der Waals surface area contributed by atoms with Gasteiger partial charge in [-0.15, -0.1) is 0 Å². The molecule has 0 nitrogen and oxygen atoms in total. The van der Waals surface area contributed by atoms with E-state index in [1.807, 2.05) is 0 Å². The van der Waals surface area contributed by atoms with Gasteiger partial charge in [-0.05, 0) is 57.4 Å². The molecule has 0 atom stereocenters. The number of rotatable bonds is 0. The second-order valence-electron chi connectivity index (χ2n) is 5.44. The Labute approximate surface area is 106 Å². The summed E-state index contributed by atoms with van der Waals surface area (Å²) in [6.45, 7) is 0. The highest BCUT2D eigenvalue weighted by Crippen LogP contribution is 2.46. The van der Waals surface area contributed by atoms with Crippen LogP contribution in [0.3, 0.4) is 0 Å². The van der Waals surface area contributed by atoms with Crippen molar-refractivity contribution in [2.75, 3.05) is 0 Å². The second-order valence-corrected chi connectivity index (χ2v) is 5.44. The van der Waals surface area contributed by atoms with Gasteiger partial charge in [0.2, 0.25) is 0 Å². The minimum atomic E-state index is 1.13. The van der Waals surface area contributed by atoms with Crippen molar-refractivity contribution in [3.05, 3.63) is 93.2 Å². The maximum absolute atomic E-state index is 2.32. The van der Waals surface area contributed by atoms with E-state index in [-0.39, 0.29) is 0 Å². The normalized spacial score (nSPS) is 29.3. The van der Waals surface area contributed by atoms with Gasteiger partial charge in [-0.1, -0.05) is 48.6 Å². The van der Waals surface area contributed by atoms with Gasteiger partial charge in [0.25, 0.3) is 0 Å². The Morgan fingerprint density at radius 2 is 0.722 bits per heavy atom. The molecule has 0 amide bonds. The molecule has 18 heavy (non-hydrogen) atoms. The first-order valence-electron chi connectivity index (χ1n) is 6.56. The zero-order valence-corrected chi connectivity index (χ0v) is 10.0. The first-order valence-corrected chi connectivity index (χ1v) is 6.56. The molecule has 0 aromatic rings. The molecule has 5 rings (SSSR count). The van der Waals surface area contributed by atoms with E-state index in [9.17, 15) is 0 Å². The van der Waals surface area contributed by atoms with Crippen LogP contribution in [0.5, 0.6) is 0 Å². The number of fused-ring (bicyclic) bond motifs is 8. The van der Waals surface area contributed by atoms with E-state index in [4.69, 9.17) is 0 Å². The molecule has 0 radical (unpaired) electrons. The van der Waals surface area contributed by atoms with Crippen molar-refractivity contribution in [1.29, 1.82) is 0 Å². The van der Waals surface area contributed by atoms with Crippen LogP contribution in [0.1, 0.15) is 12.8 Å². The lowest BCUT2D eigenvalue weighted by atomic mass is 9.94. The Kier molecular flexibility index (Phi) is 1.41. The molecule has 0 saturated heterocycles. The maximum Gasteiger partial charge on any atom is -0.00135 e. The Hall–Kier alpha value is -2.08. The summed E-state index contributed by atoms with van der Waals surface area (Å²) in [5.74, 6) is 0. The maximum atomic E-state index is 2.32. The largest absolute Gasteiger partial charge is 0.0578 e. The van der Waals surface area contributed by atoms with Gasteiger partial charge < -0.3 is 0 Å². The van der Waals surface area contributed by atoms with Crippen LogP contribution >= 0.6 is 0 Å². The highest BCUT2D eigenvalue weighted by Gasteiger charge is 2.28. The summed E-state index contributed by atoms with van der Waals surface area (Å²) in [6, 6.07) is 0. The Morgan fingerprint density at radius 3 is 1.00 bits per heavy atom. The lowest BCUT2D eigenvalue weighted by Gasteiger charge is -2.10. The monoisotopic (exact) mass is 228 g/mol. The fourth-order valence-electron chi connectivity index (χ4n) is 3.60. The Balaban J connectivity index is 1.72. The van der Waals surface area contributed by atoms with E-state index in [0.29, 0.717) is 0 Å². The summed E-state index contributed by atoms with van der Waals surface area (Å²) < 4.78 is 0. The quantitative estimate of drug-likeness (QED) is 0.581. The molecule has 5 aliphatic rings. The van der Waals surface area contributed by atoms with E-state index >= 15 is 0 Å². The molecule has 4 bridgehead atoms. The Morgan fingerprint density at radius 1 is 0.444 bits per heavy atom. The summed E-state index contributed by atoms with van der Waals surface area (Å²) >= 11 is 0. The third-order valence-corrected chi connectivity index (χ3v) is 4.53. The molecule has 0 aromatic heterocycles. The topological polar surface area (TPSA) is 0 Å². The summed E-state index contributed by atoms with van der Waals surface area (Å²) in [5.41, 5.74) is 11.7. The predicted molar refractivity (Wildman–Crippen MR) is 73.9 cm³/mol. The first kappa shape index (κ1) is 8.93. The van der Waals surface area contributed by atoms with Crippen molar-refractivity contribution >= 4 is 0 Å². The van der Waals surface area contributed by atoms with E-state index in [1.54, 1.807) is 0 Å². The first-order chi connectivity index (χ1) is 8.90. The number of allylic oxidation sites excluding steroid dienone is 16. The average Bonchev–Trinajstić information content (AvgIpc) is 3.06. The molecule has 0 spiro atoms. The summed E-state index contributed by atoms with van der Waals surface area (Å²) in [5, 5.41) is 0. The van der Waals surface area contributed by atoms with Crippen molar-refractivity contribution in [1.82, 2.24) is 0 Å². The van der Waals surface area contributed by atoms with Crippen LogP contribution in [-0.4, -0.2) is 0 Å². The van der Waals surface area contributed by atoms with Gasteiger partial charge in [0, 0.05) is 0 Å². The molecule has 0 unspecified atom stereocenters. The van der Waals surface area contributed by atoms with Gasteiger partial charge >= 0.3 is 0 Å². The van der Waals surface area contributed by atoms with Crippen LogP contribution < -0.4 is 0 Å². The van der Waals surface area contributed by atoms with E-state index in [2.05, 4.69) is 48.6 Å². The fourth-order valence-corrected chi connectivity index (χ4v) is 3.60. The van der Waals surface area contributed by atoms with Gasteiger partial charge in [0.1, 0.15) is 0 Å². The molecule has 0 aliphatic heterocycles. The van der Waals surface area contributed by atoms with Crippen LogP contribution in [0.15, 0.2) is 93.2 Å². The van der Waals surface area contributed by atoms with E-state index < -0.39 is 0 Å². The van der Waals surface area contributed by atoms with Crippen LogP contribution in [0.4, 0.5) is 0 Å². The predicted octanol–water partition coefficient (Wildman–Crippen LogP) is 4.25. The van der Waals surface area contributed by atoms with Crippen LogP contribution in [-0.2, 0) is 0 Å². The molecule has 0 heteroatoms. The van der Waals surface area contributed by atoms with Gasteiger partial charge in [0.05, 0.1) is 0 Å². The van der Waals surface area contributed by atoms with Crippen LogP contribution in [0, 0.1) is 0 Å². The highest BCUT2D eigenvalue weighted by atomic mass is 14.3. The average molecular weight is 228 g/mol. The highest BCUT2D eigenvalue weighted by molar-refractivity contribution is 5.74. The van der Waals surface area contributed by atoms with Crippen molar-refractivity contribution in [3.8, 4) is 0 Å². The minimum absolute atomic E-state index is 1.13. The number of hydrogen-bond donors (Lipinski definition) is 0. The molecule has 0 saturated carbocycles. The van der Waals surface area contributed by atoms with Crippen molar-refractivity contribution in [2.45, 2.75) is 12.8 Å². The van der Waals surface area contributed by atoms with Gasteiger partial charge in [-0.3, -0.25) is 0 Å². The van der Waals surface area contributed by atoms with Gasteiger partial charge in [0.15, 0.2) is 0 Å². The van der Waals surface area contributed by atoms with Crippen molar-refractivity contribution < 1.29 is 0 Å². The van der Waals surface area contributed by atoms with E-state index in [1.165, 1.54) is 44.6 Å². The smallest absolute Gasteiger partial charge is 0.00135 e. The molecule has 84 valence electrons. The third kappa shape index (κ3) is 0.932. The molecule has 0 fully saturated rings. The summed E-state index contributed by atoms with van der Waals surface area (Å²) in [7, 11) is 0. The van der Waals surface area contributed by atoms with Gasteiger partial charge in [-0.2, -0.15) is 0 Å². The van der Waals surface area contributed by atoms with Crippen LogP contribution in [0.25, 0.3) is 0 Å². The zero-order valence-electron chi connectivity index (χ0n) is 10.0. The molecular weight excluding hydrogens is 216 g/mol. The summed E-state index contributed by atoms with van der Waals surface area (Å²) in [4.78, 5) is 0. The van der Waals surface area contributed by atoms with Crippen molar-refractivity contribution in [2.24, 2.45) is 0 Å². The zero-order chi connectivity index (χ0) is 11.7. The minimum Gasteiger partial charge on any atom is -0.0578 e. The Bertz CT molecular complexity index is 624. The molecule has 0 aromatic carbocycles. The van der Waals surface area contributed by atoms with Gasteiger partial charge in [-0.25, -0.2) is 0 Å².